The van der Waals surface area contributed by atoms with Crippen LogP contribution in [0.15, 0.2) is 0 Å². The Morgan fingerprint density at radius 1 is 1.19 bits per heavy atom. The third-order valence-electron chi connectivity index (χ3n) is 8.09. The zero-order valence-electron chi connectivity index (χ0n) is 19.1. The number of primary amides is 1. The summed E-state index contributed by atoms with van der Waals surface area (Å²) in [4.78, 5) is 36.3. The van der Waals surface area contributed by atoms with Crippen LogP contribution in [0.1, 0.15) is 66.7 Å². The van der Waals surface area contributed by atoms with E-state index in [0.29, 0.717) is 18.8 Å². The average Bonchev–Trinajstić information content (AvgIpc) is 2.95. The number of carbonyl (C=O) groups is 2. The van der Waals surface area contributed by atoms with E-state index in [1.807, 2.05) is 27.7 Å². The Morgan fingerprint density at radius 3 is 2.61 bits per heavy atom. The molecular formula is C22H36N2O7. The summed E-state index contributed by atoms with van der Waals surface area (Å²) >= 11 is 0. The number of esters is 1. The van der Waals surface area contributed by atoms with Crippen molar-refractivity contribution in [3.63, 3.8) is 0 Å². The Hall–Kier alpha value is -1.42. The van der Waals surface area contributed by atoms with E-state index < -0.39 is 42.0 Å². The highest BCUT2D eigenvalue weighted by molar-refractivity contribution is 5.83. The Labute approximate surface area is 183 Å². The Balaban J connectivity index is 1.59. The molecule has 10 atom stereocenters. The number of hydrogen-bond acceptors (Lipinski definition) is 7. The summed E-state index contributed by atoms with van der Waals surface area (Å²) in [6.45, 7) is 9.93. The number of ether oxygens (including phenoxy) is 3. The molecule has 2 bridgehead atoms. The summed E-state index contributed by atoms with van der Waals surface area (Å²) in [6, 6.07) is -1.59. The molecule has 0 aromatic heterocycles. The molecule has 1 spiro atoms. The first kappa shape index (κ1) is 22.8. The lowest BCUT2D eigenvalue weighted by Crippen LogP contribution is -2.70. The number of hydrogen-bond donors (Lipinski definition) is 2. The number of nitrogens with one attached hydrogen (secondary N) is 1. The smallest absolute Gasteiger partial charge is 0.331 e. The van der Waals surface area contributed by atoms with E-state index in [0.717, 1.165) is 19.3 Å². The Bertz CT molecular complexity index is 720. The van der Waals surface area contributed by atoms with Crippen LogP contribution in [0.4, 0.5) is 4.79 Å². The lowest BCUT2D eigenvalue weighted by molar-refractivity contribution is -0.576. The van der Waals surface area contributed by atoms with E-state index in [1.54, 1.807) is 0 Å². The van der Waals surface area contributed by atoms with Crippen molar-refractivity contribution in [1.29, 1.82) is 0 Å². The molecule has 4 saturated heterocycles. The van der Waals surface area contributed by atoms with Gasteiger partial charge in [0.05, 0.1) is 0 Å². The topological polar surface area (TPSA) is 118 Å². The fourth-order valence-electron chi connectivity index (χ4n) is 6.02. The molecular weight excluding hydrogens is 404 g/mol. The second-order valence-electron chi connectivity index (χ2n) is 10.1. The van der Waals surface area contributed by atoms with Crippen molar-refractivity contribution in [2.75, 3.05) is 0 Å². The molecule has 0 radical (unpaired) electrons. The molecule has 5 aliphatic rings. The van der Waals surface area contributed by atoms with Gasteiger partial charge in [-0.25, -0.2) is 19.4 Å². The van der Waals surface area contributed by atoms with Gasteiger partial charge in [0.25, 0.3) is 0 Å². The first-order chi connectivity index (χ1) is 14.6. The molecule has 4 heterocycles. The second-order valence-corrected chi connectivity index (χ2v) is 10.1. The molecule has 0 aromatic carbocycles. The first-order valence-electron chi connectivity index (χ1n) is 11.6. The maximum Gasteiger partial charge on any atom is 0.331 e. The number of fused-ring (bicyclic) bond motifs is 2. The fourth-order valence-corrected chi connectivity index (χ4v) is 6.02. The average molecular weight is 441 g/mol. The standard InChI is InChI=1S/C22H36N2O7/c1-6-11(2)16(24-20(23)26)17(25)27-18-13(4)15-8-7-12(3)14-9-10-21(5)29-19(28-18)22(14,15)31-30-21/h11-16,18-19H,6-10H2,1-5H3,(H3,23,24,26). The summed E-state index contributed by atoms with van der Waals surface area (Å²) < 4.78 is 18.4. The van der Waals surface area contributed by atoms with Gasteiger partial charge < -0.3 is 25.3 Å². The fraction of sp³-hybridized carbons (Fsp3) is 0.909. The minimum Gasteiger partial charge on any atom is -0.434 e. The van der Waals surface area contributed by atoms with Crippen LogP contribution in [-0.2, 0) is 28.8 Å². The SMILES string of the molecule is CCC(C)C(NC(N)=O)C(=O)OC1OC2OC3(C)CCC4C(C)CCC(C1C)C24OO3. The minimum atomic E-state index is -0.889. The van der Waals surface area contributed by atoms with Crippen molar-refractivity contribution in [1.82, 2.24) is 5.32 Å². The molecule has 9 heteroatoms. The van der Waals surface area contributed by atoms with Crippen LogP contribution < -0.4 is 11.1 Å². The molecule has 1 aliphatic carbocycles. The molecule has 9 nitrogen and oxygen atoms in total. The van der Waals surface area contributed by atoms with Crippen molar-refractivity contribution in [2.45, 2.75) is 96.7 Å². The minimum absolute atomic E-state index is 0.0547. The Kier molecular flexibility index (Phi) is 6.00. The molecule has 176 valence electrons. The molecule has 10 unspecified atom stereocenters. The molecule has 5 fully saturated rings. The molecule has 1 saturated carbocycles. The molecule has 0 aromatic rings. The summed E-state index contributed by atoms with van der Waals surface area (Å²) in [5.74, 6) is -0.954. The van der Waals surface area contributed by atoms with Crippen LogP contribution in [0.3, 0.4) is 0 Å². The third-order valence-corrected chi connectivity index (χ3v) is 8.09. The van der Waals surface area contributed by atoms with Gasteiger partial charge in [-0.05, 0) is 43.9 Å². The van der Waals surface area contributed by atoms with E-state index in [9.17, 15) is 9.59 Å². The highest BCUT2D eigenvalue weighted by atomic mass is 17.3. The van der Waals surface area contributed by atoms with Crippen molar-refractivity contribution in [3.8, 4) is 0 Å². The highest BCUT2D eigenvalue weighted by Crippen LogP contribution is 2.60. The van der Waals surface area contributed by atoms with E-state index in [1.165, 1.54) is 0 Å². The summed E-state index contributed by atoms with van der Waals surface area (Å²) in [5.41, 5.74) is 4.57. The maximum atomic E-state index is 13.0. The van der Waals surface area contributed by atoms with Crippen molar-refractivity contribution in [3.05, 3.63) is 0 Å². The van der Waals surface area contributed by atoms with Gasteiger partial charge in [-0.15, -0.1) is 0 Å². The second kappa shape index (κ2) is 8.17. The zero-order valence-corrected chi connectivity index (χ0v) is 19.1. The highest BCUT2D eigenvalue weighted by Gasteiger charge is 2.69. The van der Waals surface area contributed by atoms with Crippen molar-refractivity contribution >= 4 is 12.0 Å². The van der Waals surface area contributed by atoms with Crippen LogP contribution in [0.5, 0.6) is 0 Å². The summed E-state index contributed by atoms with van der Waals surface area (Å²) in [5, 5.41) is 2.51. The molecule has 2 amide bonds. The van der Waals surface area contributed by atoms with Crippen LogP contribution >= 0.6 is 0 Å². The van der Waals surface area contributed by atoms with Crippen LogP contribution in [0.25, 0.3) is 0 Å². The monoisotopic (exact) mass is 440 g/mol. The first-order valence-corrected chi connectivity index (χ1v) is 11.6. The number of urea groups is 1. The quantitative estimate of drug-likeness (QED) is 0.498. The van der Waals surface area contributed by atoms with Gasteiger partial charge in [-0.3, -0.25) is 0 Å². The van der Waals surface area contributed by atoms with Crippen LogP contribution in [0, 0.1) is 29.6 Å². The lowest BCUT2D eigenvalue weighted by atomic mass is 9.58. The Morgan fingerprint density at radius 2 is 1.94 bits per heavy atom. The van der Waals surface area contributed by atoms with Gasteiger partial charge in [0.15, 0.2) is 11.9 Å². The number of nitrogens with two attached hydrogens (primary N) is 1. The van der Waals surface area contributed by atoms with Gasteiger partial charge >= 0.3 is 12.0 Å². The predicted octanol–water partition coefficient (Wildman–Crippen LogP) is 2.82. The molecule has 31 heavy (non-hydrogen) atoms. The summed E-state index contributed by atoms with van der Waals surface area (Å²) in [7, 11) is 0. The predicted molar refractivity (Wildman–Crippen MR) is 109 cm³/mol. The van der Waals surface area contributed by atoms with Gasteiger partial charge in [0.1, 0.15) is 6.04 Å². The van der Waals surface area contributed by atoms with Crippen LogP contribution in [0.2, 0.25) is 0 Å². The largest absolute Gasteiger partial charge is 0.434 e. The maximum absolute atomic E-state index is 13.0. The van der Waals surface area contributed by atoms with Gasteiger partial charge in [-0.2, -0.15) is 0 Å². The lowest BCUT2D eigenvalue weighted by Gasteiger charge is -2.60. The van der Waals surface area contributed by atoms with Crippen molar-refractivity contribution in [2.24, 2.45) is 35.3 Å². The van der Waals surface area contributed by atoms with Gasteiger partial charge in [0.2, 0.25) is 12.1 Å². The van der Waals surface area contributed by atoms with Crippen LogP contribution in [-0.4, -0.2) is 42.0 Å². The molecule has 4 aliphatic heterocycles. The number of amides is 2. The molecule has 5 rings (SSSR count). The molecule has 3 N–H and O–H groups in total. The van der Waals surface area contributed by atoms with E-state index in [-0.39, 0.29) is 23.7 Å². The number of carbonyl (C=O) groups excluding carboxylic acids is 2. The van der Waals surface area contributed by atoms with E-state index in [2.05, 4.69) is 12.2 Å². The zero-order chi connectivity index (χ0) is 22.6. The van der Waals surface area contributed by atoms with E-state index in [4.69, 9.17) is 29.7 Å². The van der Waals surface area contributed by atoms with Gasteiger partial charge in [0, 0.05) is 18.3 Å². The number of rotatable bonds is 5. The summed E-state index contributed by atoms with van der Waals surface area (Å²) in [6.07, 6.45) is 2.80. The van der Waals surface area contributed by atoms with E-state index >= 15 is 0 Å². The van der Waals surface area contributed by atoms with Crippen molar-refractivity contribution < 1.29 is 33.6 Å². The van der Waals surface area contributed by atoms with Gasteiger partial charge in [-0.1, -0.05) is 34.1 Å². The normalized spacial score (nSPS) is 45.7. The third kappa shape index (κ3) is 3.73.